The van der Waals surface area contributed by atoms with E-state index in [0.717, 1.165) is 0 Å². The van der Waals surface area contributed by atoms with E-state index in [2.05, 4.69) is 6.58 Å². The molecule has 2 nitrogen and oxygen atoms in total. The van der Waals surface area contributed by atoms with E-state index in [0.29, 0.717) is 17.7 Å². The predicted molar refractivity (Wildman–Crippen MR) is 57.2 cm³/mol. The van der Waals surface area contributed by atoms with Gasteiger partial charge in [-0.1, -0.05) is 6.08 Å². The molecule has 0 aliphatic rings. The molecule has 1 atom stereocenters. The van der Waals surface area contributed by atoms with Gasteiger partial charge in [0.05, 0.1) is 0 Å². The maximum atomic E-state index is 13.4. The zero-order valence-electron chi connectivity index (χ0n) is 8.26. The van der Waals surface area contributed by atoms with E-state index in [1.807, 2.05) is 0 Å². The van der Waals surface area contributed by atoms with Gasteiger partial charge in [0.1, 0.15) is 5.82 Å². The van der Waals surface area contributed by atoms with Crippen LogP contribution in [0.15, 0.2) is 30.9 Å². The summed E-state index contributed by atoms with van der Waals surface area (Å²) in [4.78, 5) is 0. The van der Waals surface area contributed by atoms with Crippen molar-refractivity contribution in [2.24, 2.45) is 5.73 Å². The summed E-state index contributed by atoms with van der Waals surface area (Å²) in [6.07, 6.45) is 2.18. The van der Waals surface area contributed by atoms with Crippen LogP contribution in [0.4, 0.5) is 10.1 Å². The molecule has 0 saturated carbocycles. The molecule has 0 bridgehead atoms. The fourth-order valence-electron chi connectivity index (χ4n) is 1.39. The number of benzene rings is 1. The van der Waals surface area contributed by atoms with Crippen molar-refractivity contribution in [3.05, 3.63) is 42.2 Å². The normalized spacial score (nSPS) is 14.8. The van der Waals surface area contributed by atoms with Crippen LogP contribution in [0.25, 0.3) is 0 Å². The lowest BCUT2D eigenvalue weighted by molar-refractivity contribution is 0.466. The highest BCUT2D eigenvalue weighted by molar-refractivity contribution is 5.43. The number of hydrogen-bond donors (Lipinski definition) is 2. The summed E-state index contributed by atoms with van der Waals surface area (Å²) in [6.45, 7) is 5.35. The molecule has 0 aliphatic carbocycles. The fraction of sp³-hybridized carbons (Fsp3) is 0.273. The van der Waals surface area contributed by atoms with Crippen LogP contribution in [0.1, 0.15) is 18.9 Å². The average molecular weight is 194 g/mol. The zero-order chi connectivity index (χ0) is 10.8. The monoisotopic (exact) mass is 194 g/mol. The number of hydrogen-bond acceptors (Lipinski definition) is 2. The second-order valence-corrected chi connectivity index (χ2v) is 3.65. The van der Waals surface area contributed by atoms with E-state index in [1.54, 1.807) is 19.1 Å². The summed E-state index contributed by atoms with van der Waals surface area (Å²) < 4.78 is 13.4. The summed E-state index contributed by atoms with van der Waals surface area (Å²) in [6, 6.07) is 4.42. The molecule has 1 rings (SSSR count). The van der Waals surface area contributed by atoms with E-state index in [9.17, 15) is 4.39 Å². The molecule has 1 aromatic carbocycles. The van der Waals surface area contributed by atoms with Gasteiger partial charge in [-0.05, 0) is 31.5 Å². The van der Waals surface area contributed by atoms with Crippen LogP contribution in [-0.4, -0.2) is 0 Å². The van der Waals surface area contributed by atoms with Crippen LogP contribution in [0, 0.1) is 5.82 Å². The Morgan fingerprint density at radius 3 is 2.79 bits per heavy atom. The number of nitrogens with two attached hydrogens (primary N) is 2. The van der Waals surface area contributed by atoms with Crippen molar-refractivity contribution in [1.82, 2.24) is 0 Å². The quantitative estimate of drug-likeness (QED) is 0.572. The molecule has 0 spiro atoms. The van der Waals surface area contributed by atoms with Crippen LogP contribution in [-0.2, 0) is 5.54 Å². The Bertz CT molecular complexity index is 345. The molecule has 4 N–H and O–H groups in total. The van der Waals surface area contributed by atoms with E-state index < -0.39 is 5.54 Å². The third kappa shape index (κ3) is 2.12. The predicted octanol–water partition coefficient (Wildman–Crippen LogP) is 2.16. The topological polar surface area (TPSA) is 52.0 Å². The minimum absolute atomic E-state index is 0.328. The summed E-state index contributed by atoms with van der Waals surface area (Å²) in [5, 5.41) is 0. The molecule has 14 heavy (non-hydrogen) atoms. The first-order valence-electron chi connectivity index (χ1n) is 4.42. The third-order valence-corrected chi connectivity index (χ3v) is 2.17. The molecule has 76 valence electrons. The molecule has 1 aromatic rings. The maximum absolute atomic E-state index is 13.4. The molecular formula is C11H15FN2. The smallest absolute Gasteiger partial charge is 0.128 e. The van der Waals surface area contributed by atoms with Gasteiger partial charge in [-0.3, -0.25) is 0 Å². The van der Waals surface area contributed by atoms with Crippen molar-refractivity contribution in [2.45, 2.75) is 18.9 Å². The van der Waals surface area contributed by atoms with Crippen LogP contribution < -0.4 is 11.5 Å². The first-order chi connectivity index (χ1) is 6.47. The zero-order valence-corrected chi connectivity index (χ0v) is 8.26. The van der Waals surface area contributed by atoms with E-state index in [1.165, 1.54) is 12.1 Å². The maximum Gasteiger partial charge on any atom is 0.128 e. The number of nitrogen functional groups attached to an aromatic ring is 1. The second kappa shape index (κ2) is 3.80. The lowest BCUT2D eigenvalue weighted by atomic mass is 9.89. The minimum atomic E-state index is -0.749. The van der Waals surface area contributed by atoms with Crippen molar-refractivity contribution < 1.29 is 4.39 Å². The van der Waals surface area contributed by atoms with Gasteiger partial charge in [-0.25, -0.2) is 4.39 Å². The fourth-order valence-corrected chi connectivity index (χ4v) is 1.39. The largest absolute Gasteiger partial charge is 0.399 e. The highest BCUT2D eigenvalue weighted by Crippen LogP contribution is 2.26. The highest BCUT2D eigenvalue weighted by Gasteiger charge is 2.23. The molecule has 0 amide bonds. The number of halogens is 1. The first-order valence-corrected chi connectivity index (χ1v) is 4.42. The van der Waals surface area contributed by atoms with Crippen LogP contribution in [0.2, 0.25) is 0 Å². The SMILES string of the molecule is C=CC[C@](C)(N)c1cc(N)ccc1F. The summed E-state index contributed by atoms with van der Waals surface area (Å²) in [7, 11) is 0. The van der Waals surface area contributed by atoms with Crippen molar-refractivity contribution in [3.63, 3.8) is 0 Å². The van der Waals surface area contributed by atoms with Crippen molar-refractivity contribution in [3.8, 4) is 0 Å². The van der Waals surface area contributed by atoms with Crippen LogP contribution in [0.5, 0.6) is 0 Å². The van der Waals surface area contributed by atoms with Crippen molar-refractivity contribution >= 4 is 5.69 Å². The van der Waals surface area contributed by atoms with Gasteiger partial charge in [0.2, 0.25) is 0 Å². The first kappa shape index (κ1) is 10.7. The average Bonchev–Trinajstić information content (AvgIpc) is 2.09. The van der Waals surface area contributed by atoms with Gasteiger partial charge >= 0.3 is 0 Å². The van der Waals surface area contributed by atoms with E-state index in [4.69, 9.17) is 11.5 Å². The molecular weight excluding hydrogens is 179 g/mol. The van der Waals surface area contributed by atoms with E-state index >= 15 is 0 Å². The molecule has 3 heteroatoms. The van der Waals surface area contributed by atoms with Crippen LogP contribution in [0.3, 0.4) is 0 Å². The van der Waals surface area contributed by atoms with Gasteiger partial charge in [-0.15, -0.1) is 6.58 Å². The second-order valence-electron chi connectivity index (χ2n) is 3.65. The Labute approximate surface area is 83.4 Å². The third-order valence-electron chi connectivity index (χ3n) is 2.17. The molecule has 0 fully saturated rings. The highest BCUT2D eigenvalue weighted by atomic mass is 19.1. The Hall–Kier alpha value is -1.35. The molecule has 0 aliphatic heterocycles. The lowest BCUT2D eigenvalue weighted by Gasteiger charge is -2.24. The Morgan fingerprint density at radius 1 is 1.57 bits per heavy atom. The number of anilines is 1. The Balaban J connectivity index is 3.16. The molecule has 0 saturated heterocycles. The molecule has 0 radical (unpaired) electrons. The van der Waals surface area contributed by atoms with Crippen molar-refractivity contribution in [2.75, 3.05) is 5.73 Å². The van der Waals surface area contributed by atoms with Crippen LogP contribution >= 0.6 is 0 Å². The summed E-state index contributed by atoms with van der Waals surface area (Å²) in [5.74, 6) is -0.328. The van der Waals surface area contributed by atoms with Gasteiger partial charge in [-0.2, -0.15) is 0 Å². The van der Waals surface area contributed by atoms with Crippen molar-refractivity contribution in [1.29, 1.82) is 0 Å². The van der Waals surface area contributed by atoms with E-state index in [-0.39, 0.29) is 5.82 Å². The molecule has 0 aromatic heterocycles. The summed E-state index contributed by atoms with van der Waals surface area (Å²) >= 11 is 0. The minimum Gasteiger partial charge on any atom is -0.399 e. The van der Waals surface area contributed by atoms with Gasteiger partial charge in [0.25, 0.3) is 0 Å². The van der Waals surface area contributed by atoms with Gasteiger partial charge < -0.3 is 11.5 Å². The number of rotatable bonds is 3. The van der Waals surface area contributed by atoms with Gasteiger partial charge in [0.15, 0.2) is 0 Å². The molecule has 0 heterocycles. The Kier molecular flexibility index (Phi) is 2.91. The lowest BCUT2D eigenvalue weighted by Crippen LogP contribution is -2.33. The standard InChI is InChI=1S/C11H15FN2/c1-3-6-11(2,14)9-7-8(13)4-5-10(9)12/h3-5,7H,1,6,13-14H2,2H3/t11-/m0/s1. The molecule has 0 unspecified atom stereocenters. The Morgan fingerprint density at radius 2 is 2.21 bits per heavy atom. The summed E-state index contributed by atoms with van der Waals surface area (Å²) in [5.41, 5.74) is 11.7. The van der Waals surface area contributed by atoms with Gasteiger partial charge in [0, 0.05) is 16.8 Å².